The molecule has 0 atom stereocenters. The Hall–Kier alpha value is -2.92. The molecule has 3 heterocycles. The lowest BCUT2D eigenvalue weighted by Crippen LogP contribution is -2.20. The molecule has 0 aliphatic carbocycles. The van der Waals surface area contributed by atoms with Crippen LogP contribution in [0.5, 0.6) is 0 Å². The predicted octanol–water partition coefficient (Wildman–Crippen LogP) is 3.19. The number of anilines is 1. The number of fused-ring (bicyclic) bond motifs is 1. The van der Waals surface area contributed by atoms with Crippen molar-refractivity contribution in [1.82, 2.24) is 15.3 Å². The number of benzene rings is 1. The number of pyridine rings is 1. The molecule has 2 aromatic heterocycles. The van der Waals surface area contributed by atoms with E-state index in [1.807, 2.05) is 6.07 Å². The molecule has 0 unspecified atom stereocenters. The molecule has 1 aliphatic heterocycles. The molecule has 0 saturated carbocycles. The molecule has 0 saturated heterocycles. The van der Waals surface area contributed by atoms with Crippen LogP contribution in [0.2, 0.25) is 0 Å². The van der Waals surface area contributed by atoms with Crippen LogP contribution in [0.25, 0.3) is 16.5 Å². The van der Waals surface area contributed by atoms with Crippen molar-refractivity contribution in [3.8, 4) is 0 Å². The number of amides is 1. The largest absolute Gasteiger partial charge is 0.360 e. The average molecular weight is 318 g/mol. The highest BCUT2D eigenvalue weighted by atomic mass is 16.1. The second kappa shape index (κ2) is 6.29. The lowest BCUT2D eigenvalue weighted by Gasteiger charge is -2.14. The van der Waals surface area contributed by atoms with Gasteiger partial charge in [0.25, 0.3) is 5.91 Å². The molecule has 1 amide bonds. The zero-order valence-electron chi connectivity index (χ0n) is 13.2. The molecule has 3 N–H and O–H groups in total. The Morgan fingerprint density at radius 1 is 1.17 bits per heavy atom. The van der Waals surface area contributed by atoms with Gasteiger partial charge < -0.3 is 15.6 Å². The quantitative estimate of drug-likeness (QED) is 0.694. The van der Waals surface area contributed by atoms with Gasteiger partial charge in [0.15, 0.2) is 0 Å². The first-order valence-corrected chi connectivity index (χ1v) is 8.04. The number of aromatic amines is 1. The molecule has 1 aliphatic rings. The van der Waals surface area contributed by atoms with Gasteiger partial charge in [-0.1, -0.05) is 12.1 Å². The van der Waals surface area contributed by atoms with Gasteiger partial charge in [-0.3, -0.25) is 9.78 Å². The lowest BCUT2D eigenvalue weighted by atomic mass is 9.98. The summed E-state index contributed by atoms with van der Waals surface area (Å²) in [4.78, 5) is 19.7. The van der Waals surface area contributed by atoms with Gasteiger partial charge in [-0.05, 0) is 48.4 Å². The van der Waals surface area contributed by atoms with E-state index in [0.717, 1.165) is 36.1 Å². The Labute approximate surface area is 139 Å². The first kappa shape index (κ1) is 14.7. The van der Waals surface area contributed by atoms with Crippen molar-refractivity contribution >= 4 is 28.1 Å². The zero-order valence-corrected chi connectivity index (χ0v) is 13.2. The van der Waals surface area contributed by atoms with Gasteiger partial charge in [0, 0.05) is 41.7 Å². The van der Waals surface area contributed by atoms with Crippen molar-refractivity contribution in [1.29, 1.82) is 0 Å². The molecule has 5 heteroatoms. The molecule has 5 nitrogen and oxygen atoms in total. The summed E-state index contributed by atoms with van der Waals surface area (Å²) in [5, 5.41) is 7.18. The minimum absolute atomic E-state index is 0.121. The van der Waals surface area contributed by atoms with Crippen LogP contribution in [0.4, 0.5) is 5.69 Å². The molecule has 1 aromatic carbocycles. The normalized spacial score (nSPS) is 14.4. The highest BCUT2D eigenvalue weighted by Gasteiger charge is 2.14. The summed E-state index contributed by atoms with van der Waals surface area (Å²) < 4.78 is 0. The van der Waals surface area contributed by atoms with Crippen LogP contribution in [0.15, 0.2) is 55.0 Å². The van der Waals surface area contributed by atoms with E-state index in [0.29, 0.717) is 5.56 Å². The minimum Gasteiger partial charge on any atom is -0.360 e. The molecule has 120 valence electrons. The summed E-state index contributed by atoms with van der Waals surface area (Å²) in [6, 6.07) is 9.80. The number of nitrogens with zero attached hydrogens (tertiary/aromatic N) is 1. The number of aromatic nitrogens is 2. The first-order chi connectivity index (χ1) is 11.8. The van der Waals surface area contributed by atoms with Crippen molar-refractivity contribution in [3.63, 3.8) is 0 Å². The number of carbonyl (C=O) groups is 1. The van der Waals surface area contributed by atoms with E-state index in [1.165, 1.54) is 11.1 Å². The van der Waals surface area contributed by atoms with Crippen molar-refractivity contribution in [2.24, 2.45) is 0 Å². The number of rotatable bonds is 3. The summed E-state index contributed by atoms with van der Waals surface area (Å²) in [6.07, 6.45) is 8.31. The summed E-state index contributed by atoms with van der Waals surface area (Å²) in [5.41, 5.74) is 4.87. The second-order valence-electron chi connectivity index (χ2n) is 5.84. The number of carbonyl (C=O) groups excluding carboxylic acids is 1. The monoisotopic (exact) mass is 318 g/mol. The first-order valence-electron chi connectivity index (χ1n) is 8.04. The summed E-state index contributed by atoms with van der Waals surface area (Å²) in [6.45, 7) is 1.89. The van der Waals surface area contributed by atoms with Gasteiger partial charge in [0.05, 0.1) is 5.56 Å². The summed E-state index contributed by atoms with van der Waals surface area (Å²) in [5.74, 6) is -0.121. The van der Waals surface area contributed by atoms with E-state index < -0.39 is 0 Å². The predicted molar refractivity (Wildman–Crippen MR) is 96.0 cm³/mol. The zero-order chi connectivity index (χ0) is 16.4. The minimum atomic E-state index is -0.121. The third-order valence-electron chi connectivity index (χ3n) is 4.30. The van der Waals surface area contributed by atoms with Crippen molar-refractivity contribution < 1.29 is 4.79 Å². The average Bonchev–Trinajstić information content (AvgIpc) is 3.06. The summed E-state index contributed by atoms with van der Waals surface area (Å²) >= 11 is 0. The third-order valence-corrected chi connectivity index (χ3v) is 4.30. The number of hydrogen-bond acceptors (Lipinski definition) is 3. The van der Waals surface area contributed by atoms with E-state index in [-0.39, 0.29) is 5.91 Å². The fraction of sp³-hybridized carbons (Fsp3) is 0.158. The molecule has 0 spiro atoms. The third kappa shape index (κ3) is 2.81. The molecule has 0 fully saturated rings. The van der Waals surface area contributed by atoms with E-state index in [1.54, 1.807) is 30.7 Å². The maximum absolute atomic E-state index is 12.6. The van der Waals surface area contributed by atoms with Crippen LogP contribution in [0, 0.1) is 0 Å². The molecule has 0 bridgehead atoms. The maximum atomic E-state index is 12.6. The highest BCUT2D eigenvalue weighted by molar-refractivity contribution is 6.13. The van der Waals surface area contributed by atoms with Gasteiger partial charge in [-0.2, -0.15) is 0 Å². The van der Waals surface area contributed by atoms with E-state index in [4.69, 9.17) is 0 Å². The lowest BCUT2D eigenvalue weighted by molar-refractivity contribution is 0.102. The van der Waals surface area contributed by atoms with Gasteiger partial charge >= 0.3 is 0 Å². The van der Waals surface area contributed by atoms with E-state index >= 15 is 0 Å². The van der Waals surface area contributed by atoms with E-state index in [2.05, 4.69) is 38.8 Å². The fourth-order valence-corrected chi connectivity index (χ4v) is 3.03. The van der Waals surface area contributed by atoms with Crippen LogP contribution >= 0.6 is 0 Å². The number of hydrogen-bond donors (Lipinski definition) is 3. The number of nitrogens with one attached hydrogen (secondary N) is 3. The van der Waals surface area contributed by atoms with Crippen LogP contribution in [-0.2, 0) is 0 Å². The number of H-pyrrole nitrogens is 1. The molecular weight excluding hydrogens is 300 g/mol. The molecular formula is C19H18N4O. The van der Waals surface area contributed by atoms with Crippen LogP contribution in [-0.4, -0.2) is 29.0 Å². The van der Waals surface area contributed by atoms with Crippen LogP contribution < -0.4 is 10.6 Å². The maximum Gasteiger partial charge on any atom is 0.257 e. The topological polar surface area (TPSA) is 69.8 Å². The Morgan fingerprint density at radius 3 is 2.83 bits per heavy atom. The Balaban J connectivity index is 1.68. The standard InChI is InChI=1S/C19H18N4O/c24-19(23-15-5-9-21-10-6-15)17-12-22-18-2-1-14(11-16(17)18)13-3-7-20-8-4-13/h1-3,5-6,9-12,20,22H,4,7-8H2,(H,21,23,24). The Bertz CT molecular complexity index is 912. The highest BCUT2D eigenvalue weighted by Crippen LogP contribution is 2.26. The smallest absolute Gasteiger partial charge is 0.257 e. The summed E-state index contributed by atoms with van der Waals surface area (Å²) in [7, 11) is 0. The van der Waals surface area contributed by atoms with Crippen LogP contribution in [0.1, 0.15) is 22.3 Å². The molecule has 24 heavy (non-hydrogen) atoms. The van der Waals surface area contributed by atoms with Crippen molar-refractivity contribution in [2.75, 3.05) is 18.4 Å². The van der Waals surface area contributed by atoms with E-state index in [9.17, 15) is 4.79 Å². The molecule has 0 radical (unpaired) electrons. The molecule has 4 rings (SSSR count). The van der Waals surface area contributed by atoms with Gasteiger partial charge in [-0.15, -0.1) is 0 Å². The van der Waals surface area contributed by atoms with Gasteiger partial charge in [0.1, 0.15) is 0 Å². The fourth-order valence-electron chi connectivity index (χ4n) is 3.03. The van der Waals surface area contributed by atoms with Crippen LogP contribution in [0.3, 0.4) is 0 Å². The molecule has 3 aromatic rings. The Kier molecular flexibility index (Phi) is 3.84. The second-order valence-corrected chi connectivity index (χ2v) is 5.84. The SMILES string of the molecule is O=C(Nc1ccncc1)c1c[nH]c2ccc(C3=CCNCC3)cc12. The van der Waals surface area contributed by atoms with Gasteiger partial charge in [-0.25, -0.2) is 0 Å². The van der Waals surface area contributed by atoms with Crippen molar-refractivity contribution in [3.05, 3.63) is 66.1 Å². The Morgan fingerprint density at radius 2 is 2.04 bits per heavy atom. The van der Waals surface area contributed by atoms with Gasteiger partial charge in [0.2, 0.25) is 0 Å². The van der Waals surface area contributed by atoms with Crippen molar-refractivity contribution in [2.45, 2.75) is 6.42 Å².